The largest absolute Gasteiger partial charge is 0.394 e. The lowest BCUT2D eigenvalue weighted by Crippen LogP contribution is -2.51. The molecule has 2 saturated heterocycles. The van der Waals surface area contributed by atoms with Crippen LogP contribution in [0.3, 0.4) is 0 Å². The van der Waals surface area contributed by atoms with E-state index in [4.69, 9.17) is 21.2 Å². The summed E-state index contributed by atoms with van der Waals surface area (Å²) >= 11 is 0. The Kier molecular flexibility index (Phi) is 4.76. The second kappa shape index (κ2) is 6.16. The molecule has 0 aliphatic carbocycles. The van der Waals surface area contributed by atoms with Crippen molar-refractivity contribution < 1.29 is 24.8 Å². The van der Waals surface area contributed by atoms with Crippen molar-refractivity contribution in [3.8, 4) is 0 Å². The van der Waals surface area contributed by atoms with Crippen molar-refractivity contribution in [2.24, 2.45) is 0 Å². The second-order valence-electron chi connectivity index (χ2n) is 5.33. The molecule has 2 aliphatic heterocycles. The Balaban J connectivity index is 2.02. The maximum absolute atomic E-state index is 9.67. The third-order valence-electron chi connectivity index (χ3n) is 4.07. The highest BCUT2D eigenvalue weighted by Crippen LogP contribution is 2.42. The predicted molar refractivity (Wildman–Crippen MR) is 66.4 cm³/mol. The van der Waals surface area contributed by atoms with E-state index in [2.05, 4.69) is 4.85 Å². The van der Waals surface area contributed by atoms with Crippen LogP contribution in [0.4, 0.5) is 0 Å². The first-order valence-corrected chi connectivity index (χ1v) is 6.71. The lowest BCUT2D eigenvalue weighted by atomic mass is 9.86. The number of ether oxygens (including phenoxy) is 2. The number of aliphatic hydroxyl groups excluding tert-OH is 3. The number of fused-ring (bicyclic) bond motifs is 1. The van der Waals surface area contributed by atoms with Crippen molar-refractivity contribution in [1.82, 2.24) is 0 Å². The fourth-order valence-electron chi connectivity index (χ4n) is 3.00. The smallest absolute Gasteiger partial charge is 0.217 e. The molecule has 0 saturated carbocycles. The van der Waals surface area contributed by atoms with Gasteiger partial charge in [-0.05, 0) is 12.8 Å². The Morgan fingerprint density at radius 3 is 2.79 bits per heavy atom. The van der Waals surface area contributed by atoms with Crippen LogP contribution in [-0.2, 0) is 9.47 Å². The van der Waals surface area contributed by atoms with Crippen LogP contribution in [0.25, 0.3) is 4.85 Å². The number of rotatable bonds is 5. The van der Waals surface area contributed by atoms with Crippen LogP contribution in [0.1, 0.15) is 25.7 Å². The molecule has 3 N–H and O–H groups in total. The summed E-state index contributed by atoms with van der Waals surface area (Å²) in [6.07, 6.45) is 0.859. The highest BCUT2D eigenvalue weighted by atomic mass is 16.6. The molecule has 0 amide bonds. The molecule has 0 bridgehead atoms. The number of hydrogen-bond donors (Lipinski definition) is 3. The van der Waals surface area contributed by atoms with Crippen LogP contribution in [0.2, 0.25) is 0 Å². The molecule has 6 nitrogen and oxygen atoms in total. The van der Waals surface area contributed by atoms with Gasteiger partial charge in [-0.25, -0.2) is 6.57 Å². The molecule has 0 aromatic carbocycles. The topological polar surface area (TPSA) is 83.5 Å². The third kappa shape index (κ3) is 2.91. The molecule has 108 valence electrons. The third-order valence-corrected chi connectivity index (χ3v) is 4.07. The average Bonchev–Trinajstić information content (AvgIpc) is 2.83. The first-order valence-electron chi connectivity index (χ1n) is 6.71. The SMILES string of the molecule is [C-]#[N+]CC[C@H]1CC[C@@H]2O[C@@H]([C@H](O)CO)C[C@]2(CO)O1. The molecule has 0 aromatic rings. The highest BCUT2D eigenvalue weighted by Gasteiger charge is 2.54. The van der Waals surface area contributed by atoms with Gasteiger partial charge >= 0.3 is 0 Å². The van der Waals surface area contributed by atoms with Crippen molar-refractivity contribution in [3.63, 3.8) is 0 Å². The quantitative estimate of drug-likeness (QED) is 0.599. The second-order valence-corrected chi connectivity index (χ2v) is 5.33. The molecule has 0 aromatic heterocycles. The van der Waals surface area contributed by atoms with E-state index in [1.54, 1.807) is 0 Å². The van der Waals surface area contributed by atoms with Crippen LogP contribution < -0.4 is 0 Å². The van der Waals surface area contributed by atoms with Crippen molar-refractivity contribution in [2.75, 3.05) is 19.8 Å². The minimum absolute atomic E-state index is 0.0360. The lowest BCUT2D eigenvalue weighted by molar-refractivity contribution is -0.184. The predicted octanol–water partition coefficient (Wildman–Crippen LogP) is -0.283. The van der Waals surface area contributed by atoms with Gasteiger partial charge < -0.3 is 29.6 Å². The Hall–Kier alpha value is -0.710. The number of aliphatic hydroxyl groups is 3. The minimum Gasteiger partial charge on any atom is -0.394 e. The van der Waals surface area contributed by atoms with E-state index in [0.29, 0.717) is 19.4 Å². The first-order chi connectivity index (χ1) is 9.15. The summed E-state index contributed by atoms with van der Waals surface area (Å²) in [6.45, 7) is 6.70. The van der Waals surface area contributed by atoms with Gasteiger partial charge in [0.05, 0.1) is 31.5 Å². The molecule has 0 spiro atoms. The molecule has 0 radical (unpaired) electrons. The van der Waals surface area contributed by atoms with Gasteiger partial charge in [0.25, 0.3) is 0 Å². The maximum atomic E-state index is 9.67. The Bertz CT molecular complexity index is 344. The standard InChI is InChI=1S/C13H21NO5/c1-14-5-4-9-2-3-12-13(8-16,19-9)6-11(18-12)10(17)7-15/h9-12,15-17H,2-8H2/t9-,10-,11-,12+,13-/m1/s1. The minimum atomic E-state index is -0.945. The van der Waals surface area contributed by atoms with E-state index in [-0.39, 0.29) is 25.4 Å². The van der Waals surface area contributed by atoms with Gasteiger partial charge in [0.1, 0.15) is 11.7 Å². The molecule has 2 rings (SSSR count). The van der Waals surface area contributed by atoms with Gasteiger partial charge in [-0.1, -0.05) is 0 Å². The zero-order valence-electron chi connectivity index (χ0n) is 10.9. The van der Waals surface area contributed by atoms with Crippen LogP contribution in [-0.4, -0.2) is 65.1 Å². The first kappa shape index (κ1) is 14.7. The van der Waals surface area contributed by atoms with Gasteiger partial charge in [-0.2, -0.15) is 0 Å². The average molecular weight is 271 g/mol. The summed E-state index contributed by atoms with van der Waals surface area (Å²) < 4.78 is 11.7. The van der Waals surface area contributed by atoms with Crippen LogP contribution in [0.15, 0.2) is 0 Å². The van der Waals surface area contributed by atoms with E-state index in [0.717, 1.165) is 12.8 Å². The molecule has 6 heteroatoms. The van der Waals surface area contributed by atoms with Crippen LogP contribution in [0.5, 0.6) is 0 Å². The normalized spacial score (nSPS) is 39.6. The highest BCUT2D eigenvalue weighted by molar-refractivity contribution is 5.02. The van der Waals surface area contributed by atoms with Crippen LogP contribution in [0, 0.1) is 6.57 Å². The van der Waals surface area contributed by atoms with Gasteiger partial charge in [0.15, 0.2) is 0 Å². The summed E-state index contributed by atoms with van der Waals surface area (Å²) in [5.74, 6) is 0. The molecule has 19 heavy (non-hydrogen) atoms. The molecule has 2 fully saturated rings. The fourth-order valence-corrected chi connectivity index (χ4v) is 3.00. The summed E-state index contributed by atoms with van der Waals surface area (Å²) in [5, 5.41) is 28.3. The van der Waals surface area contributed by atoms with Gasteiger partial charge in [-0.3, -0.25) is 0 Å². The Labute approximate surface area is 112 Å². The van der Waals surface area contributed by atoms with E-state index < -0.39 is 17.8 Å². The van der Waals surface area contributed by atoms with E-state index in [9.17, 15) is 10.2 Å². The number of nitrogens with zero attached hydrogens (tertiary/aromatic N) is 1. The summed E-state index contributed by atoms with van der Waals surface area (Å²) in [5.41, 5.74) is -0.786. The van der Waals surface area contributed by atoms with Gasteiger partial charge in [0.2, 0.25) is 6.54 Å². The zero-order valence-corrected chi connectivity index (χ0v) is 10.9. The molecular formula is C13H21NO5. The van der Waals surface area contributed by atoms with Crippen molar-refractivity contribution >= 4 is 0 Å². The summed E-state index contributed by atoms with van der Waals surface area (Å²) in [4.78, 5) is 3.32. The maximum Gasteiger partial charge on any atom is 0.217 e. The number of hydrogen-bond acceptors (Lipinski definition) is 5. The molecular weight excluding hydrogens is 250 g/mol. The Morgan fingerprint density at radius 1 is 1.37 bits per heavy atom. The van der Waals surface area contributed by atoms with Crippen molar-refractivity contribution in [2.45, 2.75) is 55.7 Å². The van der Waals surface area contributed by atoms with Gasteiger partial charge in [-0.15, -0.1) is 0 Å². The Morgan fingerprint density at radius 2 is 2.16 bits per heavy atom. The molecule has 2 aliphatic rings. The van der Waals surface area contributed by atoms with E-state index in [1.807, 2.05) is 0 Å². The van der Waals surface area contributed by atoms with Crippen molar-refractivity contribution in [3.05, 3.63) is 11.4 Å². The van der Waals surface area contributed by atoms with Crippen molar-refractivity contribution in [1.29, 1.82) is 0 Å². The zero-order chi connectivity index (χ0) is 13.9. The molecule has 5 atom stereocenters. The van der Waals surface area contributed by atoms with E-state index >= 15 is 0 Å². The van der Waals surface area contributed by atoms with Crippen LogP contribution >= 0.6 is 0 Å². The fraction of sp³-hybridized carbons (Fsp3) is 0.923. The van der Waals surface area contributed by atoms with E-state index in [1.165, 1.54) is 0 Å². The molecule has 0 unspecified atom stereocenters. The summed E-state index contributed by atoms with van der Waals surface area (Å²) in [6, 6.07) is 0. The van der Waals surface area contributed by atoms with Gasteiger partial charge in [0, 0.05) is 12.8 Å². The molecule has 2 heterocycles. The monoisotopic (exact) mass is 271 g/mol. The summed E-state index contributed by atoms with van der Waals surface area (Å²) in [7, 11) is 0. The lowest BCUT2D eigenvalue weighted by Gasteiger charge is -2.40.